The smallest absolute Gasteiger partial charge is 0.391 e. The van der Waals surface area contributed by atoms with Gasteiger partial charge in [-0.25, -0.2) is 0 Å². The molecule has 1 aromatic carbocycles. The first-order chi connectivity index (χ1) is 13.2. The zero-order valence-electron chi connectivity index (χ0n) is 17.3. The molecule has 0 amide bonds. The minimum atomic E-state index is -2.62. The standard InChI is InChI=1S/C14H23O3P.3H3O3P/c1-13(2,3)10-7-8-12(17-18(15)16)11(9-10)14(4,5)6;3*1-4(2)3/h7-9,15-16H,1-6H3;3*1-3H. The van der Waals surface area contributed by atoms with E-state index >= 15 is 0 Å². The molecular formula is C14H32O12P4. The van der Waals surface area contributed by atoms with E-state index in [1.807, 2.05) is 12.1 Å². The average Bonchev–Trinajstić information content (AvgIpc) is 2.42. The summed E-state index contributed by atoms with van der Waals surface area (Å²) in [7, 11) is -10.2. The summed E-state index contributed by atoms with van der Waals surface area (Å²) in [5, 5.41) is 0. The molecule has 0 fully saturated rings. The van der Waals surface area contributed by atoms with Gasteiger partial charge in [0.25, 0.3) is 0 Å². The number of benzene rings is 1. The Labute approximate surface area is 180 Å². The van der Waals surface area contributed by atoms with E-state index < -0.39 is 34.4 Å². The van der Waals surface area contributed by atoms with Crippen molar-refractivity contribution in [2.45, 2.75) is 52.4 Å². The number of hydrogen-bond acceptors (Lipinski definition) is 12. The third kappa shape index (κ3) is 24.6. The molecule has 1 aromatic rings. The van der Waals surface area contributed by atoms with Gasteiger partial charge in [-0.1, -0.05) is 53.7 Å². The van der Waals surface area contributed by atoms with Crippen LogP contribution >= 0.6 is 34.4 Å². The summed E-state index contributed by atoms with van der Waals surface area (Å²) in [6, 6.07) is 5.89. The van der Waals surface area contributed by atoms with Crippen molar-refractivity contribution in [1.29, 1.82) is 0 Å². The first-order valence-electron chi connectivity index (χ1n) is 7.82. The second-order valence-corrected chi connectivity index (χ2v) is 9.66. The Morgan fingerprint density at radius 3 is 1.17 bits per heavy atom. The minimum Gasteiger partial charge on any atom is -0.427 e. The predicted molar refractivity (Wildman–Crippen MR) is 117 cm³/mol. The van der Waals surface area contributed by atoms with Gasteiger partial charge in [0.05, 0.1) is 0 Å². The maximum absolute atomic E-state index is 9.02. The van der Waals surface area contributed by atoms with E-state index in [-0.39, 0.29) is 10.8 Å². The lowest BCUT2D eigenvalue weighted by Gasteiger charge is -2.27. The summed E-state index contributed by atoms with van der Waals surface area (Å²) in [5.41, 5.74) is 2.15. The molecule has 30 heavy (non-hydrogen) atoms. The molecule has 11 N–H and O–H groups in total. The van der Waals surface area contributed by atoms with Gasteiger partial charge < -0.3 is 58.4 Å². The van der Waals surface area contributed by atoms with Crippen LogP contribution in [-0.4, -0.2) is 53.8 Å². The normalized spacial score (nSPS) is 11.4. The fourth-order valence-electron chi connectivity index (χ4n) is 1.75. The fourth-order valence-corrected chi connectivity index (χ4v) is 2.09. The molecule has 0 atom stereocenters. The Morgan fingerprint density at radius 1 is 0.600 bits per heavy atom. The van der Waals surface area contributed by atoms with Crippen LogP contribution in [0.25, 0.3) is 0 Å². The van der Waals surface area contributed by atoms with E-state index in [4.69, 9.17) is 58.4 Å². The molecule has 0 radical (unpaired) electrons. The van der Waals surface area contributed by atoms with Crippen LogP contribution in [-0.2, 0) is 10.8 Å². The van der Waals surface area contributed by atoms with E-state index in [1.54, 1.807) is 0 Å². The summed E-state index contributed by atoms with van der Waals surface area (Å²) in [6.07, 6.45) is 0. The lowest BCUT2D eigenvalue weighted by Crippen LogP contribution is -2.17. The minimum absolute atomic E-state index is 0.0572. The maximum atomic E-state index is 9.02. The van der Waals surface area contributed by atoms with Gasteiger partial charge in [0.2, 0.25) is 0 Å². The van der Waals surface area contributed by atoms with Crippen LogP contribution in [0.15, 0.2) is 18.2 Å². The summed E-state index contributed by atoms with van der Waals surface area (Å²) in [6.45, 7) is 12.7. The van der Waals surface area contributed by atoms with Crippen LogP contribution in [0.5, 0.6) is 5.75 Å². The fraction of sp³-hybridized carbons (Fsp3) is 0.571. The van der Waals surface area contributed by atoms with Gasteiger partial charge in [0, 0.05) is 5.56 Å². The Morgan fingerprint density at radius 2 is 0.933 bits per heavy atom. The zero-order chi connectivity index (χ0) is 24.9. The molecule has 0 aliphatic rings. The highest BCUT2D eigenvalue weighted by atomic mass is 31.2. The predicted octanol–water partition coefficient (Wildman–Crippen LogP) is 1.44. The quantitative estimate of drug-likeness (QED) is 0.251. The third-order valence-electron chi connectivity index (χ3n) is 2.83. The Hall–Kier alpha value is 0.300. The van der Waals surface area contributed by atoms with Gasteiger partial charge in [-0.05, 0) is 22.5 Å². The van der Waals surface area contributed by atoms with Gasteiger partial charge in [-0.3, -0.25) is 0 Å². The summed E-state index contributed by atoms with van der Waals surface area (Å²) >= 11 is 0. The first kappa shape index (κ1) is 34.9. The molecule has 0 heterocycles. The molecule has 16 heteroatoms. The van der Waals surface area contributed by atoms with E-state index in [1.165, 1.54) is 5.56 Å². The number of hydrogen-bond donors (Lipinski definition) is 11. The molecule has 0 unspecified atom stereocenters. The largest absolute Gasteiger partial charge is 0.427 e. The number of rotatable bonds is 2. The van der Waals surface area contributed by atoms with Crippen molar-refractivity contribution < 1.29 is 58.4 Å². The second kappa shape index (κ2) is 16.9. The maximum Gasteiger partial charge on any atom is 0.391 e. The Kier molecular flexibility index (Phi) is 19.6. The van der Waals surface area contributed by atoms with E-state index in [0.717, 1.165) is 5.56 Å². The molecule has 0 aromatic heterocycles. The van der Waals surface area contributed by atoms with Crippen molar-refractivity contribution in [3.63, 3.8) is 0 Å². The highest BCUT2D eigenvalue weighted by Gasteiger charge is 2.24. The summed E-state index contributed by atoms with van der Waals surface area (Å²) in [4.78, 5) is 83.1. The highest BCUT2D eigenvalue weighted by Crippen LogP contribution is 2.39. The van der Waals surface area contributed by atoms with Crippen LogP contribution in [0.3, 0.4) is 0 Å². The Balaban J connectivity index is -0.000000498. The monoisotopic (exact) mass is 516 g/mol. The molecule has 12 nitrogen and oxygen atoms in total. The average molecular weight is 516 g/mol. The van der Waals surface area contributed by atoms with Crippen molar-refractivity contribution in [2.75, 3.05) is 0 Å². The first-order valence-corrected chi connectivity index (χ1v) is 12.6. The van der Waals surface area contributed by atoms with Gasteiger partial charge in [-0.15, -0.1) is 0 Å². The van der Waals surface area contributed by atoms with Crippen LogP contribution in [0, 0.1) is 0 Å². The topological polar surface area (TPSA) is 232 Å². The van der Waals surface area contributed by atoms with Crippen LogP contribution in [0.1, 0.15) is 52.7 Å². The molecule has 0 aliphatic heterocycles. The van der Waals surface area contributed by atoms with Crippen molar-refractivity contribution in [2.24, 2.45) is 0 Å². The lowest BCUT2D eigenvalue weighted by atomic mass is 9.80. The lowest BCUT2D eigenvalue weighted by molar-refractivity contribution is 0.366. The van der Waals surface area contributed by atoms with E-state index in [0.29, 0.717) is 5.75 Å². The van der Waals surface area contributed by atoms with E-state index in [2.05, 4.69) is 47.6 Å². The van der Waals surface area contributed by atoms with Crippen molar-refractivity contribution in [3.8, 4) is 5.75 Å². The van der Waals surface area contributed by atoms with Crippen LogP contribution in [0.2, 0.25) is 0 Å². The van der Waals surface area contributed by atoms with Crippen LogP contribution < -0.4 is 4.52 Å². The molecular weight excluding hydrogens is 484 g/mol. The molecule has 0 spiro atoms. The van der Waals surface area contributed by atoms with Crippen LogP contribution in [0.4, 0.5) is 0 Å². The Bertz CT molecular complexity index is 536. The molecule has 1 rings (SSSR count). The van der Waals surface area contributed by atoms with Gasteiger partial charge >= 0.3 is 34.4 Å². The SMILES string of the molecule is CC(C)(C)c1ccc(OP(O)O)c(C(C)(C)C)c1.OP(O)O.OP(O)O.OP(O)O. The molecule has 180 valence electrons. The van der Waals surface area contributed by atoms with Crippen molar-refractivity contribution >= 4 is 34.4 Å². The summed E-state index contributed by atoms with van der Waals surface area (Å²) in [5.74, 6) is 0.548. The van der Waals surface area contributed by atoms with Gasteiger partial charge in [0.1, 0.15) is 5.75 Å². The molecule has 0 aliphatic carbocycles. The zero-order valence-corrected chi connectivity index (χ0v) is 20.9. The molecule has 0 saturated carbocycles. The van der Waals surface area contributed by atoms with Crippen molar-refractivity contribution in [1.82, 2.24) is 0 Å². The van der Waals surface area contributed by atoms with E-state index in [9.17, 15) is 0 Å². The molecule has 0 bridgehead atoms. The third-order valence-corrected chi connectivity index (χ3v) is 3.19. The molecule has 0 saturated heterocycles. The van der Waals surface area contributed by atoms with Gasteiger partial charge in [-0.2, -0.15) is 0 Å². The van der Waals surface area contributed by atoms with Crippen molar-refractivity contribution in [3.05, 3.63) is 29.3 Å². The highest BCUT2D eigenvalue weighted by molar-refractivity contribution is 7.40. The van der Waals surface area contributed by atoms with Gasteiger partial charge in [0.15, 0.2) is 0 Å². The second-order valence-electron chi connectivity index (χ2n) is 7.36. The summed E-state index contributed by atoms with van der Waals surface area (Å²) < 4.78 is 5.12.